The molecule has 5 heteroatoms. The van der Waals surface area contributed by atoms with Crippen LogP contribution in [0.1, 0.15) is 34.6 Å². The highest BCUT2D eigenvalue weighted by molar-refractivity contribution is 8.54. The second-order valence-electron chi connectivity index (χ2n) is 4.39. The van der Waals surface area contributed by atoms with Crippen molar-refractivity contribution in [3.63, 3.8) is 0 Å². The van der Waals surface area contributed by atoms with Crippen LogP contribution in [0.5, 0.6) is 0 Å². The minimum Gasteiger partial charge on any atom is -0.298 e. The monoisotopic (exact) mass is 289 g/mol. The molecule has 0 spiro atoms. The zero-order valence-corrected chi connectivity index (χ0v) is 12.9. The van der Waals surface area contributed by atoms with Crippen molar-refractivity contribution < 1.29 is 15.0 Å². The number of benzene rings is 1. The Labute approximate surface area is 115 Å². The molecule has 0 N–H and O–H groups in total. The molecule has 1 unspecified atom stereocenters. The van der Waals surface area contributed by atoms with Crippen LogP contribution in [-0.4, -0.2) is 12.2 Å². The fourth-order valence-electron chi connectivity index (χ4n) is 1.25. The first-order valence-electron chi connectivity index (χ1n) is 6.52. The third-order valence-electron chi connectivity index (χ3n) is 1.80. The molecule has 0 saturated heterocycles. The van der Waals surface area contributed by atoms with Crippen LogP contribution < -0.4 is 0 Å². The van der Waals surface area contributed by atoms with Crippen molar-refractivity contribution in [2.45, 2.75) is 45.6 Å². The average Bonchev–Trinajstić information content (AvgIpc) is 2.27. The van der Waals surface area contributed by atoms with Gasteiger partial charge >= 0.3 is 6.80 Å². The molecule has 0 radical (unpaired) electrons. The highest BCUT2D eigenvalue weighted by atomic mass is 32.7. The van der Waals surface area contributed by atoms with E-state index in [1.807, 2.05) is 30.3 Å². The topological polar surface area (TPSA) is 35.5 Å². The van der Waals surface area contributed by atoms with Crippen molar-refractivity contribution in [3.05, 3.63) is 35.9 Å². The Kier molecular flexibility index (Phi) is 5.77. The lowest BCUT2D eigenvalue weighted by atomic mass is 10.2. The summed E-state index contributed by atoms with van der Waals surface area (Å²) in [6, 6.07) is 9.26. The smallest absolute Gasteiger partial charge is 0.298 e. The van der Waals surface area contributed by atoms with Crippen LogP contribution in [0.3, 0.4) is 0 Å². The third-order valence-corrected chi connectivity index (χ3v) is 5.40. The van der Waals surface area contributed by atoms with Gasteiger partial charge in [-0.05, 0) is 44.6 Å². The predicted molar refractivity (Wildman–Crippen MR) is 77.8 cm³/mol. The van der Waals surface area contributed by atoms with E-state index in [0.29, 0.717) is 0 Å². The maximum Gasteiger partial charge on any atom is 0.389 e. The van der Waals surface area contributed by atoms with Gasteiger partial charge in [0.2, 0.25) is 0 Å². The Bertz CT molecular complexity index is 411. The fourth-order valence-corrected chi connectivity index (χ4v) is 4.92. The Balaban J connectivity index is 2.80. The van der Waals surface area contributed by atoms with E-state index in [0.717, 1.165) is 16.9 Å². The molecule has 1 rings (SSSR count). The molecule has 0 aliphatic carbocycles. The quantitative estimate of drug-likeness (QED) is 0.670. The Hall–Kier alpha value is -0.280. The molecule has 0 heterocycles. The molecule has 1 atom stereocenters. The van der Waals surface area contributed by atoms with Gasteiger partial charge in [0.1, 0.15) is 0 Å². The Morgan fingerprint density at radius 2 is 1.67 bits per heavy atom. The number of hydrogen-bond donors (Lipinski definition) is 0. The molecule has 18 heavy (non-hydrogen) atoms. The normalized spacial score (nSPS) is 14.9. The van der Waals surface area contributed by atoms with Gasteiger partial charge in [0.15, 0.2) is 0 Å². The predicted octanol–water partition coefficient (Wildman–Crippen LogP) is 4.88. The van der Waals surface area contributed by atoms with Gasteiger partial charge in [-0.1, -0.05) is 30.3 Å². The van der Waals surface area contributed by atoms with E-state index in [4.69, 9.17) is 10.4 Å². The summed E-state index contributed by atoms with van der Waals surface area (Å²) in [5, 5.41) is 0. The summed E-state index contributed by atoms with van der Waals surface area (Å²) in [7, 11) is 0. The van der Waals surface area contributed by atoms with Crippen molar-refractivity contribution in [2.75, 3.05) is 0 Å². The first-order valence-corrected chi connectivity index (χ1v) is 8.97. The van der Waals surface area contributed by atoms with Crippen LogP contribution in [0.25, 0.3) is 0 Å². The molecular formula is C13H21O3PS. The minimum atomic E-state index is -3.32. The number of rotatable bonds is 7. The van der Waals surface area contributed by atoms with Gasteiger partial charge in [-0.3, -0.25) is 9.05 Å². The summed E-state index contributed by atoms with van der Waals surface area (Å²) in [4.78, 5) is 0. The first-order chi connectivity index (χ1) is 8.82. The van der Waals surface area contributed by atoms with E-state index in [2.05, 4.69) is 0 Å². The molecule has 0 fully saturated rings. The van der Waals surface area contributed by atoms with Gasteiger partial charge < -0.3 is 0 Å². The molecule has 0 amide bonds. The molecular weight excluding hydrogens is 267 g/mol. The number of hydrogen-bond acceptors (Lipinski definition) is 4. The minimum absolute atomic E-state index is 0.208. The van der Waals surface area contributed by atoms with E-state index in [-0.39, 0.29) is 12.2 Å². The lowest BCUT2D eigenvalue weighted by Gasteiger charge is -2.21. The second kappa shape index (κ2) is 7.34. The van der Waals surface area contributed by atoms with E-state index < -0.39 is 12.5 Å². The third kappa shape index (κ3) is 6.05. The van der Waals surface area contributed by atoms with Gasteiger partial charge in [0.25, 0.3) is 0 Å². The van der Waals surface area contributed by atoms with Crippen molar-refractivity contribution in [3.8, 4) is 0 Å². The van der Waals surface area contributed by atoms with Gasteiger partial charge in [-0.15, -0.1) is 0 Å². The van der Waals surface area contributed by atoms with Gasteiger partial charge in [0, 0.05) is 7.10 Å². The molecule has 0 bridgehead atoms. The van der Waals surface area contributed by atoms with Crippen LogP contribution in [0.2, 0.25) is 0 Å². The highest BCUT2D eigenvalue weighted by Crippen LogP contribution is 2.63. The van der Waals surface area contributed by atoms with E-state index in [1.54, 1.807) is 27.7 Å². The highest BCUT2D eigenvalue weighted by Gasteiger charge is 2.28. The lowest BCUT2D eigenvalue weighted by Crippen LogP contribution is -2.06. The average molecular weight is 289 g/mol. The summed E-state index contributed by atoms with van der Waals surface area (Å²) >= 11 is 0.935. The molecule has 102 valence electrons. The lowest BCUT2D eigenvalue weighted by molar-refractivity contribution is 0.156. The maximum atomic E-state index is 12.6. The summed E-state index contributed by atoms with van der Waals surface area (Å²) in [6.07, 6.45) is -0.417. The van der Waals surface area contributed by atoms with Gasteiger partial charge in [0.05, 0.1) is 12.2 Å². The zero-order valence-electron chi connectivity index (χ0n) is 12.2. The summed E-state index contributed by atoms with van der Waals surface area (Å²) < 4.78 is 31.5. The van der Waals surface area contributed by atoms with Crippen molar-refractivity contribution in [1.29, 1.82) is 0 Å². The van der Waals surface area contributed by atoms with Crippen LogP contribution in [0.4, 0.5) is 0 Å². The summed E-state index contributed by atoms with van der Waals surface area (Å²) in [5.41, 5.74) is 0.0944. The van der Waals surface area contributed by atoms with E-state index >= 15 is 0 Å². The summed E-state index contributed by atoms with van der Waals surface area (Å²) in [6.45, 7) is 3.89. The Morgan fingerprint density at radius 1 is 1.17 bits per heavy atom. The standard InChI is InChI=1S/C13H21O3PS/c1-11(2)15-17(14,16-12(3)4)18-10-13-8-6-5-7-9-13/h5-9,11-12H,10H2,1-4H3/i10D. The SMILES string of the molecule is [2H]C(SP(=O)(OC(C)C)OC(C)C)c1ccccc1. The molecule has 1 aromatic carbocycles. The van der Waals surface area contributed by atoms with Crippen molar-refractivity contribution in [2.24, 2.45) is 0 Å². The van der Waals surface area contributed by atoms with Crippen LogP contribution in [0.15, 0.2) is 30.3 Å². The molecule has 3 nitrogen and oxygen atoms in total. The second-order valence-corrected chi connectivity index (χ2v) is 8.13. The molecule has 0 aliphatic rings. The van der Waals surface area contributed by atoms with E-state index in [1.165, 1.54) is 0 Å². The van der Waals surface area contributed by atoms with Crippen LogP contribution >= 0.6 is 18.2 Å². The zero-order chi connectivity index (χ0) is 14.5. The summed E-state index contributed by atoms with van der Waals surface area (Å²) in [5.74, 6) is 0. The van der Waals surface area contributed by atoms with Crippen LogP contribution in [-0.2, 0) is 19.3 Å². The molecule has 0 aromatic heterocycles. The Morgan fingerprint density at radius 3 is 2.11 bits per heavy atom. The van der Waals surface area contributed by atoms with Crippen molar-refractivity contribution >= 4 is 18.2 Å². The van der Waals surface area contributed by atoms with E-state index in [9.17, 15) is 4.57 Å². The fraction of sp³-hybridized carbons (Fsp3) is 0.538. The maximum absolute atomic E-state index is 12.6. The molecule has 0 saturated carbocycles. The molecule has 0 aliphatic heterocycles. The van der Waals surface area contributed by atoms with Crippen molar-refractivity contribution in [1.82, 2.24) is 0 Å². The van der Waals surface area contributed by atoms with Gasteiger partial charge in [-0.25, -0.2) is 4.57 Å². The van der Waals surface area contributed by atoms with Crippen LogP contribution in [0, 0.1) is 0 Å². The largest absolute Gasteiger partial charge is 0.389 e. The first kappa shape index (κ1) is 14.1. The van der Waals surface area contributed by atoms with Gasteiger partial charge in [-0.2, -0.15) is 0 Å². The molecule has 1 aromatic rings.